The monoisotopic (exact) mass is 326 g/mol. The highest BCUT2D eigenvalue weighted by atomic mass is 16.5. The first-order chi connectivity index (χ1) is 11.5. The van der Waals surface area contributed by atoms with Gasteiger partial charge in [-0.05, 0) is 62.4 Å². The predicted octanol–water partition coefficient (Wildman–Crippen LogP) is 4.42. The highest BCUT2D eigenvalue weighted by Gasteiger charge is 2.12. The molecule has 3 heteroatoms. The summed E-state index contributed by atoms with van der Waals surface area (Å²) in [4.78, 5) is 12.1. The van der Waals surface area contributed by atoms with Crippen molar-refractivity contribution >= 4 is 5.97 Å². The Morgan fingerprint density at radius 2 is 1.79 bits per heavy atom. The first kappa shape index (κ1) is 18.1. The molecule has 0 radical (unpaired) electrons. The summed E-state index contributed by atoms with van der Waals surface area (Å²) in [5.74, 6) is 0.692. The second-order valence-electron chi connectivity index (χ2n) is 6.29. The van der Waals surface area contributed by atoms with Crippen molar-refractivity contribution in [3.8, 4) is 5.75 Å². The Labute approximate surface area is 144 Å². The summed E-state index contributed by atoms with van der Waals surface area (Å²) in [6, 6.07) is 14.2. The maximum atomic E-state index is 12.1. The number of hydrogen-bond donors (Lipinski definition) is 0. The lowest BCUT2D eigenvalue weighted by molar-refractivity contribution is -0.147. The van der Waals surface area contributed by atoms with Gasteiger partial charge in [-0.1, -0.05) is 35.9 Å². The zero-order chi connectivity index (χ0) is 17.5. The van der Waals surface area contributed by atoms with Crippen LogP contribution in [0.4, 0.5) is 0 Å². The largest absolute Gasteiger partial charge is 0.497 e. The molecule has 3 nitrogen and oxygen atoms in total. The molecule has 0 aliphatic heterocycles. The van der Waals surface area contributed by atoms with Gasteiger partial charge in [-0.3, -0.25) is 4.79 Å². The van der Waals surface area contributed by atoms with E-state index in [1.807, 2.05) is 51.1 Å². The van der Waals surface area contributed by atoms with Crippen LogP contribution in [-0.4, -0.2) is 19.2 Å². The summed E-state index contributed by atoms with van der Waals surface area (Å²) >= 11 is 0. The molecule has 2 aromatic rings. The highest BCUT2D eigenvalue weighted by molar-refractivity contribution is 5.73. The fraction of sp³-hybridized carbons (Fsp3) is 0.381. The van der Waals surface area contributed by atoms with Crippen molar-refractivity contribution in [1.82, 2.24) is 0 Å². The molecule has 0 amide bonds. The van der Waals surface area contributed by atoms with Crippen LogP contribution in [0.25, 0.3) is 0 Å². The number of carbonyl (C=O) groups is 1. The van der Waals surface area contributed by atoms with Gasteiger partial charge in [0.15, 0.2) is 0 Å². The molecule has 0 aliphatic carbocycles. The van der Waals surface area contributed by atoms with Crippen LogP contribution in [0.3, 0.4) is 0 Å². The SMILES string of the molecule is COc1ccc(CCC(C)OC(=O)Cc2cc(C)ccc2C)cc1. The minimum absolute atomic E-state index is 0.0929. The summed E-state index contributed by atoms with van der Waals surface area (Å²) < 4.78 is 10.7. The lowest BCUT2D eigenvalue weighted by atomic mass is 10.0. The molecule has 128 valence electrons. The molecule has 0 aromatic heterocycles. The highest BCUT2D eigenvalue weighted by Crippen LogP contribution is 2.15. The lowest BCUT2D eigenvalue weighted by Crippen LogP contribution is -2.17. The first-order valence-electron chi connectivity index (χ1n) is 8.36. The van der Waals surface area contributed by atoms with E-state index in [9.17, 15) is 4.79 Å². The molecule has 2 aromatic carbocycles. The van der Waals surface area contributed by atoms with Crippen LogP contribution in [0, 0.1) is 13.8 Å². The molecular weight excluding hydrogens is 300 g/mol. The van der Waals surface area contributed by atoms with Crippen LogP contribution in [0.15, 0.2) is 42.5 Å². The molecule has 0 aliphatic rings. The van der Waals surface area contributed by atoms with Gasteiger partial charge in [-0.2, -0.15) is 0 Å². The summed E-state index contributed by atoms with van der Waals surface area (Å²) in [5, 5.41) is 0. The molecular formula is C21H26O3. The Bertz CT molecular complexity index is 674. The van der Waals surface area contributed by atoms with Crippen LogP contribution < -0.4 is 4.74 Å². The third kappa shape index (κ3) is 5.41. The molecule has 24 heavy (non-hydrogen) atoms. The van der Waals surface area contributed by atoms with Gasteiger partial charge in [0.2, 0.25) is 0 Å². The third-order valence-corrected chi connectivity index (χ3v) is 4.17. The summed E-state index contributed by atoms with van der Waals surface area (Å²) in [6.07, 6.45) is 1.93. The molecule has 0 saturated carbocycles. The van der Waals surface area contributed by atoms with Crippen LogP contribution in [0.5, 0.6) is 5.75 Å². The second kappa shape index (κ2) is 8.53. The maximum absolute atomic E-state index is 12.1. The van der Waals surface area contributed by atoms with Gasteiger partial charge in [0.05, 0.1) is 19.6 Å². The van der Waals surface area contributed by atoms with E-state index < -0.39 is 0 Å². The number of ether oxygens (including phenoxy) is 2. The number of carbonyl (C=O) groups excluding carboxylic acids is 1. The Hall–Kier alpha value is -2.29. The number of hydrogen-bond acceptors (Lipinski definition) is 3. The molecule has 0 fully saturated rings. The van der Waals surface area contributed by atoms with Gasteiger partial charge < -0.3 is 9.47 Å². The Morgan fingerprint density at radius 3 is 2.46 bits per heavy atom. The van der Waals surface area contributed by atoms with Crippen molar-refractivity contribution in [3.63, 3.8) is 0 Å². The van der Waals surface area contributed by atoms with Crippen molar-refractivity contribution in [3.05, 3.63) is 64.7 Å². The van der Waals surface area contributed by atoms with Crippen molar-refractivity contribution < 1.29 is 14.3 Å². The predicted molar refractivity (Wildman–Crippen MR) is 96.5 cm³/mol. The minimum Gasteiger partial charge on any atom is -0.497 e. The van der Waals surface area contributed by atoms with E-state index in [1.165, 1.54) is 5.56 Å². The van der Waals surface area contributed by atoms with E-state index in [4.69, 9.17) is 9.47 Å². The summed E-state index contributed by atoms with van der Waals surface area (Å²) in [7, 11) is 1.66. The third-order valence-electron chi connectivity index (χ3n) is 4.17. The van der Waals surface area contributed by atoms with Crippen LogP contribution in [0.1, 0.15) is 35.6 Å². The van der Waals surface area contributed by atoms with Gasteiger partial charge >= 0.3 is 5.97 Å². The van der Waals surface area contributed by atoms with Crippen LogP contribution >= 0.6 is 0 Å². The van der Waals surface area contributed by atoms with Crippen LogP contribution in [0.2, 0.25) is 0 Å². The number of benzene rings is 2. The normalized spacial score (nSPS) is 11.8. The summed E-state index contributed by atoms with van der Waals surface area (Å²) in [5.41, 5.74) is 4.55. The number of esters is 1. The van der Waals surface area contributed by atoms with E-state index in [0.29, 0.717) is 6.42 Å². The number of aryl methyl sites for hydroxylation is 3. The van der Waals surface area contributed by atoms with Gasteiger partial charge in [0, 0.05) is 0 Å². The van der Waals surface area contributed by atoms with Gasteiger partial charge in [-0.25, -0.2) is 0 Å². The zero-order valence-electron chi connectivity index (χ0n) is 15.0. The number of rotatable bonds is 7. The topological polar surface area (TPSA) is 35.5 Å². The molecule has 0 bridgehead atoms. The smallest absolute Gasteiger partial charge is 0.310 e. The Kier molecular flexibility index (Phi) is 6.42. The fourth-order valence-corrected chi connectivity index (χ4v) is 2.63. The molecule has 0 spiro atoms. The molecule has 1 unspecified atom stereocenters. The van der Waals surface area contributed by atoms with E-state index >= 15 is 0 Å². The van der Waals surface area contributed by atoms with Crippen molar-refractivity contribution in [2.24, 2.45) is 0 Å². The van der Waals surface area contributed by atoms with Crippen LogP contribution in [-0.2, 0) is 22.4 Å². The van der Waals surface area contributed by atoms with Crippen molar-refractivity contribution in [1.29, 1.82) is 0 Å². The maximum Gasteiger partial charge on any atom is 0.310 e. The quantitative estimate of drug-likeness (QED) is 0.707. The van der Waals surface area contributed by atoms with Crippen molar-refractivity contribution in [2.75, 3.05) is 7.11 Å². The van der Waals surface area contributed by atoms with E-state index in [2.05, 4.69) is 12.1 Å². The van der Waals surface area contributed by atoms with E-state index in [0.717, 1.165) is 35.3 Å². The Balaban J connectivity index is 1.81. The molecule has 0 saturated heterocycles. The molecule has 2 rings (SSSR count). The summed E-state index contributed by atoms with van der Waals surface area (Å²) in [6.45, 7) is 6.01. The average molecular weight is 326 g/mol. The first-order valence-corrected chi connectivity index (χ1v) is 8.36. The average Bonchev–Trinajstić information content (AvgIpc) is 2.56. The van der Waals surface area contributed by atoms with Crippen molar-refractivity contribution in [2.45, 2.75) is 46.1 Å². The standard InChI is InChI=1S/C21H26O3/c1-15-5-6-16(2)19(13-15)14-21(22)24-17(3)7-8-18-9-11-20(23-4)12-10-18/h5-6,9-13,17H,7-8,14H2,1-4H3. The zero-order valence-corrected chi connectivity index (χ0v) is 15.0. The molecule has 1 atom stereocenters. The van der Waals surface area contributed by atoms with Gasteiger partial charge in [0.1, 0.15) is 5.75 Å². The minimum atomic E-state index is -0.161. The Morgan fingerprint density at radius 1 is 1.08 bits per heavy atom. The number of methoxy groups -OCH3 is 1. The van der Waals surface area contributed by atoms with E-state index in [-0.39, 0.29) is 12.1 Å². The second-order valence-corrected chi connectivity index (χ2v) is 6.29. The fourth-order valence-electron chi connectivity index (χ4n) is 2.63. The van der Waals surface area contributed by atoms with Gasteiger partial charge in [0.25, 0.3) is 0 Å². The molecule has 0 heterocycles. The molecule has 0 N–H and O–H groups in total. The van der Waals surface area contributed by atoms with E-state index in [1.54, 1.807) is 7.11 Å². The lowest BCUT2D eigenvalue weighted by Gasteiger charge is -2.14. The van der Waals surface area contributed by atoms with Gasteiger partial charge in [-0.15, -0.1) is 0 Å².